The van der Waals surface area contributed by atoms with Crippen molar-refractivity contribution < 1.29 is 12.8 Å². The standard InChI is InChI=1S/C31H22NO3S2/c33-37(34,23-18-19-28-26(20-23)24-14-7-8-16-27(24)35-28)32-31-25(15-9-17-29(31)36)30(21-10-3-1-4-11-21)22-12-5-2-6-13-22/h1-20,30,32H. The lowest BCUT2D eigenvalue weighted by Gasteiger charge is -2.23. The Morgan fingerprint density at radius 3 is 1.97 bits per heavy atom. The van der Waals surface area contributed by atoms with Gasteiger partial charge in [0.2, 0.25) is 0 Å². The summed E-state index contributed by atoms with van der Waals surface area (Å²) >= 11 is 5.66. The number of hydrogen-bond donors (Lipinski definition) is 1. The first-order valence-electron chi connectivity index (χ1n) is 11.9. The third-order valence-corrected chi connectivity index (χ3v) is 8.22. The summed E-state index contributed by atoms with van der Waals surface area (Å²) in [5, 5.41) is 1.61. The van der Waals surface area contributed by atoms with Gasteiger partial charge in [-0.25, -0.2) is 8.42 Å². The summed E-state index contributed by atoms with van der Waals surface area (Å²) in [7, 11) is -3.95. The molecule has 1 radical (unpaired) electrons. The van der Waals surface area contributed by atoms with Crippen LogP contribution in [0, 0.1) is 0 Å². The van der Waals surface area contributed by atoms with Crippen LogP contribution < -0.4 is 4.72 Å². The number of hydrogen-bond acceptors (Lipinski definition) is 3. The molecule has 6 aromatic rings. The van der Waals surface area contributed by atoms with Gasteiger partial charge in [0.05, 0.1) is 15.5 Å². The molecule has 5 aromatic carbocycles. The van der Waals surface area contributed by atoms with Crippen molar-refractivity contribution in [3.8, 4) is 0 Å². The van der Waals surface area contributed by atoms with E-state index in [-0.39, 0.29) is 10.8 Å². The molecule has 0 amide bonds. The van der Waals surface area contributed by atoms with Gasteiger partial charge in [0.1, 0.15) is 11.2 Å². The minimum Gasteiger partial charge on any atom is -0.456 e. The Hall–Kier alpha value is -4.13. The minimum atomic E-state index is -3.95. The van der Waals surface area contributed by atoms with Gasteiger partial charge in [-0.3, -0.25) is 4.72 Å². The highest BCUT2D eigenvalue weighted by atomic mass is 32.2. The van der Waals surface area contributed by atoms with E-state index in [4.69, 9.17) is 17.0 Å². The Kier molecular flexibility index (Phi) is 5.91. The van der Waals surface area contributed by atoms with Gasteiger partial charge in [0, 0.05) is 16.7 Å². The zero-order valence-electron chi connectivity index (χ0n) is 19.7. The molecule has 0 fully saturated rings. The normalized spacial score (nSPS) is 11.8. The van der Waals surface area contributed by atoms with Crippen molar-refractivity contribution in [2.45, 2.75) is 15.7 Å². The Labute approximate surface area is 221 Å². The molecular weight excluding hydrogens is 498 g/mol. The van der Waals surface area contributed by atoms with E-state index in [2.05, 4.69) is 4.72 Å². The first-order valence-corrected chi connectivity index (χ1v) is 13.7. The average Bonchev–Trinajstić information content (AvgIpc) is 3.30. The smallest absolute Gasteiger partial charge is 0.261 e. The van der Waals surface area contributed by atoms with Gasteiger partial charge in [0.15, 0.2) is 0 Å². The van der Waals surface area contributed by atoms with Crippen LogP contribution in [0.15, 0.2) is 136 Å². The fourth-order valence-corrected chi connectivity index (χ4v) is 6.25. The summed E-state index contributed by atoms with van der Waals surface area (Å²) in [6.07, 6.45) is 0. The molecule has 6 rings (SSSR count). The molecule has 0 bridgehead atoms. The van der Waals surface area contributed by atoms with E-state index in [1.165, 1.54) is 0 Å². The van der Waals surface area contributed by atoms with E-state index >= 15 is 0 Å². The lowest BCUT2D eigenvalue weighted by molar-refractivity contribution is 0.601. The predicted molar refractivity (Wildman–Crippen MR) is 151 cm³/mol. The van der Waals surface area contributed by atoms with E-state index in [9.17, 15) is 8.42 Å². The number of nitrogens with one attached hydrogen (secondary N) is 1. The zero-order chi connectivity index (χ0) is 25.4. The molecule has 0 spiro atoms. The van der Waals surface area contributed by atoms with Crippen molar-refractivity contribution >= 4 is 50.3 Å². The summed E-state index contributed by atoms with van der Waals surface area (Å²) in [5.41, 5.74) is 4.64. The maximum Gasteiger partial charge on any atom is 0.261 e. The first-order chi connectivity index (χ1) is 18.0. The van der Waals surface area contributed by atoms with Gasteiger partial charge >= 0.3 is 0 Å². The second-order valence-electron chi connectivity index (χ2n) is 8.84. The third kappa shape index (κ3) is 4.35. The van der Waals surface area contributed by atoms with E-state index in [1.807, 2.05) is 97.1 Å². The topological polar surface area (TPSA) is 59.3 Å². The van der Waals surface area contributed by atoms with Gasteiger partial charge in [-0.15, -0.1) is 0 Å². The van der Waals surface area contributed by atoms with Crippen molar-refractivity contribution in [3.63, 3.8) is 0 Å². The number of anilines is 1. The largest absolute Gasteiger partial charge is 0.456 e. The molecule has 181 valence electrons. The van der Waals surface area contributed by atoms with Crippen molar-refractivity contribution in [1.82, 2.24) is 0 Å². The molecule has 0 saturated carbocycles. The van der Waals surface area contributed by atoms with Crippen LogP contribution in [0.25, 0.3) is 21.9 Å². The van der Waals surface area contributed by atoms with Crippen LogP contribution in [0.2, 0.25) is 0 Å². The van der Waals surface area contributed by atoms with Gasteiger partial charge in [-0.1, -0.05) is 104 Å². The fourth-order valence-electron chi connectivity index (χ4n) is 4.81. The maximum absolute atomic E-state index is 13.7. The highest BCUT2D eigenvalue weighted by Crippen LogP contribution is 2.40. The SMILES string of the molecule is O=S(=O)(Nc1c([S])cccc1C(c1ccccc1)c1ccccc1)c1ccc2oc3ccccc3c2c1. The molecule has 6 heteroatoms. The lowest BCUT2D eigenvalue weighted by Crippen LogP contribution is -2.16. The minimum absolute atomic E-state index is 0.145. The highest BCUT2D eigenvalue weighted by Gasteiger charge is 2.25. The van der Waals surface area contributed by atoms with Crippen LogP contribution in [0.5, 0.6) is 0 Å². The Morgan fingerprint density at radius 1 is 0.649 bits per heavy atom. The Bertz CT molecular complexity index is 1790. The molecule has 0 saturated heterocycles. The average molecular weight is 521 g/mol. The third-order valence-electron chi connectivity index (χ3n) is 6.53. The fraction of sp³-hybridized carbons (Fsp3) is 0.0323. The number of sulfonamides is 1. The molecule has 37 heavy (non-hydrogen) atoms. The number of fused-ring (bicyclic) bond motifs is 3. The van der Waals surface area contributed by atoms with Crippen molar-refractivity contribution in [2.24, 2.45) is 0 Å². The van der Waals surface area contributed by atoms with Crippen molar-refractivity contribution in [3.05, 3.63) is 138 Å². The highest BCUT2D eigenvalue weighted by molar-refractivity contribution is 7.92. The molecule has 0 aliphatic carbocycles. The molecule has 1 heterocycles. The number of benzene rings is 5. The van der Waals surface area contributed by atoms with Crippen LogP contribution in [0.1, 0.15) is 22.6 Å². The van der Waals surface area contributed by atoms with Crippen LogP contribution >= 0.6 is 12.6 Å². The van der Waals surface area contributed by atoms with E-state index in [1.54, 1.807) is 24.3 Å². The number of para-hydroxylation sites is 2. The molecule has 0 atom stereocenters. The van der Waals surface area contributed by atoms with E-state index in [0.29, 0.717) is 21.7 Å². The Morgan fingerprint density at radius 2 is 1.27 bits per heavy atom. The van der Waals surface area contributed by atoms with Crippen molar-refractivity contribution in [1.29, 1.82) is 0 Å². The molecule has 4 nitrogen and oxygen atoms in total. The number of furan rings is 1. The lowest BCUT2D eigenvalue weighted by atomic mass is 9.84. The summed E-state index contributed by atoms with van der Waals surface area (Å²) in [5.74, 6) is -0.205. The zero-order valence-corrected chi connectivity index (χ0v) is 21.3. The molecular formula is C31H22NO3S2. The molecule has 1 N–H and O–H groups in total. The summed E-state index contributed by atoms with van der Waals surface area (Å²) in [6, 6.07) is 38.1. The van der Waals surface area contributed by atoms with Crippen LogP contribution in [0.4, 0.5) is 5.69 Å². The molecule has 0 aliphatic rings. The Balaban J connectivity index is 1.47. The summed E-state index contributed by atoms with van der Waals surface area (Å²) < 4.78 is 36.1. The molecule has 0 unspecified atom stereocenters. The number of rotatable bonds is 6. The maximum atomic E-state index is 13.7. The van der Waals surface area contributed by atoms with E-state index < -0.39 is 10.0 Å². The summed E-state index contributed by atoms with van der Waals surface area (Å²) in [4.78, 5) is 0.583. The molecule has 1 aromatic heterocycles. The van der Waals surface area contributed by atoms with Gasteiger partial charge < -0.3 is 4.42 Å². The first kappa shape index (κ1) is 23.3. The van der Waals surface area contributed by atoms with Crippen LogP contribution in [0.3, 0.4) is 0 Å². The van der Waals surface area contributed by atoms with Crippen LogP contribution in [-0.2, 0) is 10.0 Å². The second-order valence-corrected chi connectivity index (χ2v) is 11.0. The predicted octanol–water partition coefficient (Wildman–Crippen LogP) is 8.12. The van der Waals surface area contributed by atoms with Gasteiger partial charge in [-0.2, -0.15) is 0 Å². The quantitative estimate of drug-likeness (QED) is 0.226. The van der Waals surface area contributed by atoms with Crippen molar-refractivity contribution in [2.75, 3.05) is 4.72 Å². The van der Waals surface area contributed by atoms with Gasteiger partial charge in [0.25, 0.3) is 10.0 Å². The van der Waals surface area contributed by atoms with Gasteiger partial charge in [-0.05, 0) is 47.0 Å². The second kappa shape index (κ2) is 9.39. The van der Waals surface area contributed by atoms with E-state index in [0.717, 1.165) is 27.5 Å². The van der Waals surface area contributed by atoms with Crippen LogP contribution in [-0.4, -0.2) is 8.42 Å². The molecule has 0 aliphatic heterocycles. The monoisotopic (exact) mass is 520 g/mol. The summed E-state index contributed by atoms with van der Waals surface area (Å²) in [6.45, 7) is 0.